The highest BCUT2D eigenvalue weighted by Gasteiger charge is 2.61. The van der Waals surface area contributed by atoms with E-state index in [0.717, 1.165) is 29.2 Å². The van der Waals surface area contributed by atoms with Crippen LogP contribution in [-0.2, 0) is 15.9 Å². The van der Waals surface area contributed by atoms with Gasteiger partial charge in [-0.1, -0.05) is 54.6 Å². The second-order valence-electron chi connectivity index (χ2n) is 9.66. The summed E-state index contributed by atoms with van der Waals surface area (Å²) in [5, 5.41) is 33.5. The predicted octanol–water partition coefficient (Wildman–Crippen LogP) is 6.80. The van der Waals surface area contributed by atoms with E-state index in [1.807, 2.05) is 55.5 Å². The first-order valence-electron chi connectivity index (χ1n) is 11.8. The van der Waals surface area contributed by atoms with Gasteiger partial charge in [-0.25, -0.2) is 4.85 Å². The standard InChI is InChI=1S/C30H23N3O3/c1-29-16-17-30(36-29,15-5-6-19-9-11-20(18-31)12-10-19)26-25(29)27(34)33(28(26)35)24-14-13-23(32-2)21-7-3-4-8-22(21)24/h3-14,34-35H,15-17H2,1H3. The van der Waals surface area contributed by atoms with Crippen LogP contribution in [0.2, 0.25) is 0 Å². The Labute approximate surface area is 208 Å². The molecule has 2 unspecified atom stereocenters. The van der Waals surface area contributed by atoms with Gasteiger partial charge < -0.3 is 14.9 Å². The third-order valence-corrected chi connectivity index (χ3v) is 7.57. The third kappa shape index (κ3) is 2.99. The molecule has 3 heterocycles. The van der Waals surface area contributed by atoms with Crippen LogP contribution in [0.1, 0.15) is 48.4 Å². The Bertz CT molecular complexity index is 1650. The minimum absolute atomic E-state index is 0.0247. The highest BCUT2D eigenvalue weighted by Crippen LogP contribution is 2.65. The number of rotatable bonds is 4. The summed E-state index contributed by atoms with van der Waals surface area (Å²) < 4.78 is 8.03. The second kappa shape index (κ2) is 7.75. The molecule has 0 spiro atoms. The number of aromatic hydroxyl groups is 2. The number of benzene rings is 3. The number of nitriles is 1. The van der Waals surface area contributed by atoms with E-state index in [-0.39, 0.29) is 11.8 Å². The Hall–Kier alpha value is -4.52. The van der Waals surface area contributed by atoms with E-state index < -0.39 is 11.2 Å². The summed E-state index contributed by atoms with van der Waals surface area (Å²) in [5.41, 5.74) is 2.55. The predicted molar refractivity (Wildman–Crippen MR) is 137 cm³/mol. The molecule has 2 N–H and O–H groups in total. The van der Waals surface area contributed by atoms with Crippen molar-refractivity contribution >= 4 is 22.5 Å². The van der Waals surface area contributed by atoms with Crippen LogP contribution in [0, 0.1) is 17.9 Å². The van der Waals surface area contributed by atoms with Crippen LogP contribution in [0.5, 0.6) is 11.8 Å². The van der Waals surface area contributed by atoms with E-state index in [1.54, 1.807) is 24.3 Å². The van der Waals surface area contributed by atoms with Crippen LogP contribution in [0.3, 0.4) is 0 Å². The number of hydrogen-bond acceptors (Lipinski definition) is 4. The van der Waals surface area contributed by atoms with Gasteiger partial charge in [-0.05, 0) is 60.7 Å². The molecule has 1 saturated heterocycles. The van der Waals surface area contributed by atoms with Gasteiger partial charge in [0.05, 0.1) is 40.6 Å². The summed E-state index contributed by atoms with van der Waals surface area (Å²) in [6, 6.07) is 20.5. The van der Waals surface area contributed by atoms with E-state index in [1.165, 1.54) is 4.57 Å². The largest absolute Gasteiger partial charge is 0.494 e. The van der Waals surface area contributed by atoms with E-state index in [4.69, 9.17) is 16.6 Å². The minimum atomic E-state index is -0.744. The van der Waals surface area contributed by atoms with E-state index >= 15 is 0 Å². The first-order valence-corrected chi connectivity index (χ1v) is 11.8. The first-order chi connectivity index (χ1) is 17.4. The van der Waals surface area contributed by atoms with Gasteiger partial charge >= 0.3 is 0 Å². The topological polar surface area (TPSA) is 82.8 Å². The molecule has 1 aromatic heterocycles. The van der Waals surface area contributed by atoms with Crippen molar-refractivity contribution < 1.29 is 14.9 Å². The maximum Gasteiger partial charge on any atom is 0.205 e. The van der Waals surface area contributed by atoms with Crippen molar-refractivity contribution in [2.75, 3.05) is 0 Å². The summed E-state index contributed by atoms with van der Waals surface area (Å²) >= 11 is 0. The smallest absolute Gasteiger partial charge is 0.205 e. The van der Waals surface area contributed by atoms with Crippen LogP contribution in [-0.4, -0.2) is 14.8 Å². The number of ether oxygens (including phenoxy) is 1. The maximum absolute atomic E-state index is 11.6. The molecular weight excluding hydrogens is 450 g/mol. The molecule has 0 radical (unpaired) electrons. The number of hydrogen-bond donors (Lipinski definition) is 2. The fourth-order valence-electron chi connectivity index (χ4n) is 5.89. The zero-order valence-electron chi connectivity index (χ0n) is 19.7. The first kappa shape index (κ1) is 22.0. The second-order valence-corrected chi connectivity index (χ2v) is 9.66. The Kier molecular flexibility index (Phi) is 4.73. The molecule has 0 amide bonds. The minimum Gasteiger partial charge on any atom is -0.494 e. The van der Waals surface area contributed by atoms with Crippen LogP contribution >= 0.6 is 0 Å². The molecule has 2 atom stereocenters. The van der Waals surface area contributed by atoms with Crippen molar-refractivity contribution in [3.8, 4) is 23.5 Å². The average molecular weight is 474 g/mol. The number of aromatic nitrogens is 1. The zero-order valence-corrected chi connectivity index (χ0v) is 19.7. The van der Waals surface area contributed by atoms with Crippen LogP contribution in [0.25, 0.3) is 27.4 Å². The van der Waals surface area contributed by atoms with Crippen molar-refractivity contribution in [2.24, 2.45) is 0 Å². The molecule has 6 heteroatoms. The van der Waals surface area contributed by atoms with Crippen molar-refractivity contribution in [1.29, 1.82) is 5.26 Å². The average Bonchev–Trinajstić information content (AvgIpc) is 3.48. The molecular formula is C30H23N3O3. The van der Waals surface area contributed by atoms with Crippen LogP contribution in [0.4, 0.5) is 5.69 Å². The molecule has 2 bridgehead atoms. The molecule has 36 heavy (non-hydrogen) atoms. The van der Waals surface area contributed by atoms with Crippen molar-refractivity contribution in [3.63, 3.8) is 0 Å². The molecule has 0 aliphatic carbocycles. The Morgan fingerprint density at radius 2 is 1.75 bits per heavy atom. The monoisotopic (exact) mass is 473 g/mol. The van der Waals surface area contributed by atoms with Crippen molar-refractivity contribution in [1.82, 2.24) is 4.57 Å². The SMILES string of the molecule is [C-]#[N+]c1ccc(-n2c(O)c3c(c2O)C2(CC=Cc4ccc(C#N)cc4)CCC3(C)O2)c2ccccc12. The molecule has 0 saturated carbocycles. The summed E-state index contributed by atoms with van der Waals surface area (Å²) in [7, 11) is 0. The Morgan fingerprint density at radius 3 is 2.47 bits per heavy atom. The lowest BCUT2D eigenvalue weighted by Gasteiger charge is -2.25. The summed E-state index contributed by atoms with van der Waals surface area (Å²) in [4.78, 5) is 3.63. The lowest BCUT2D eigenvalue weighted by Crippen LogP contribution is -2.21. The van der Waals surface area contributed by atoms with Gasteiger partial charge in [-0.15, -0.1) is 0 Å². The summed E-state index contributed by atoms with van der Waals surface area (Å²) in [6.07, 6.45) is 6.00. The van der Waals surface area contributed by atoms with E-state index in [9.17, 15) is 10.2 Å². The van der Waals surface area contributed by atoms with Crippen LogP contribution in [0.15, 0.2) is 66.7 Å². The molecule has 6 nitrogen and oxygen atoms in total. The van der Waals surface area contributed by atoms with Gasteiger partial charge in [0, 0.05) is 0 Å². The summed E-state index contributed by atoms with van der Waals surface area (Å²) in [6.45, 7) is 9.47. The Morgan fingerprint density at radius 1 is 1.03 bits per heavy atom. The van der Waals surface area contributed by atoms with Gasteiger partial charge in [0.25, 0.3) is 0 Å². The third-order valence-electron chi connectivity index (χ3n) is 7.57. The fraction of sp³-hybridized carbons (Fsp3) is 0.200. The molecule has 176 valence electrons. The Balaban J connectivity index is 1.45. The van der Waals surface area contributed by atoms with Gasteiger partial charge in [0.1, 0.15) is 5.60 Å². The molecule has 6 rings (SSSR count). The molecule has 3 aromatic carbocycles. The van der Waals surface area contributed by atoms with Crippen molar-refractivity contribution in [3.05, 3.63) is 100 Å². The van der Waals surface area contributed by atoms with Gasteiger partial charge in [0.2, 0.25) is 11.8 Å². The van der Waals surface area contributed by atoms with Crippen molar-refractivity contribution in [2.45, 2.75) is 37.4 Å². The normalized spacial score (nSPS) is 22.1. The van der Waals surface area contributed by atoms with Gasteiger partial charge in [-0.2, -0.15) is 5.26 Å². The fourth-order valence-corrected chi connectivity index (χ4v) is 5.89. The van der Waals surface area contributed by atoms with E-state index in [2.05, 4.69) is 10.9 Å². The lowest BCUT2D eigenvalue weighted by molar-refractivity contribution is -0.0772. The molecule has 2 aliphatic rings. The molecule has 2 aliphatic heterocycles. The lowest BCUT2D eigenvalue weighted by atomic mass is 9.77. The van der Waals surface area contributed by atoms with Crippen LogP contribution < -0.4 is 0 Å². The maximum atomic E-state index is 11.6. The quantitative estimate of drug-likeness (QED) is 0.319. The van der Waals surface area contributed by atoms with E-state index in [0.29, 0.717) is 34.5 Å². The molecule has 1 fully saturated rings. The molecule has 4 aromatic rings. The number of nitrogens with zero attached hydrogens (tertiary/aromatic N) is 3. The summed E-state index contributed by atoms with van der Waals surface area (Å²) in [5.74, 6) is -0.0539. The highest BCUT2D eigenvalue weighted by molar-refractivity contribution is 6.00. The van der Waals surface area contributed by atoms with Gasteiger partial charge in [-0.3, -0.25) is 4.57 Å². The van der Waals surface area contributed by atoms with Gasteiger partial charge in [0.15, 0.2) is 5.69 Å². The highest BCUT2D eigenvalue weighted by atomic mass is 16.5. The zero-order chi connectivity index (χ0) is 25.1. The number of fused-ring (bicyclic) bond motifs is 6.